The van der Waals surface area contributed by atoms with Gasteiger partial charge in [0.1, 0.15) is 0 Å². The molecule has 0 spiro atoms. The molecule has 0 bridgehead atoms. The Balaban J connectivity index is 1.68. The normalized spacial score (nSPS) is 15.3. The average Bonchev–Trinajstić information content (AvgIpc) is 3.27. The molecule has 144 valence electrons. The topological polar surface area (TPSA) is 85.5 Å². The fraction of sp³-hybridized carbons (Fsp3) is 0. The summed E-state index contributed by atoms with van der Waals surface area (Å²) in [6.07, 6.45) is 3.33. The Morgan fingerprint density at radius 2 is 1.76 bits per heavy atom. The molecule has 1 aliphatic rings. The number of aromatic nitrogens is 1. The first-order valence-corrected chi connectivity index (χ1v) is 9.59. The zero-order valence-electron chi connectivity index (χ0n) is 14.7. The molecule has 0 N–H and O–H groups in total. The summed E-state index contributed by atoms with van der Waals surface area (Å²) in [5, 5.41) is 11.1. The lowest BCUT2D eigenvalue weighted by molar-refractivity contribution is -0.384. The van der Waals surface area contributed by atoms with Crippen LogP contribution in [0.25, 0.3) is 11.8 Å². The lowest BCUT2D eigenvalue weighted by Gasteiger charge is -2.12. The number of halogens is 1. The maximum atomic E-state index is 12.8. The van der Waals surface area contributed by atoms with E-state index in [2.05, 4.69) is 0 Å². The first kappa shape index (κ1) is 19.0. The average molecular weight is 426 g/mol. The van der Waals surface area contributed by atoms with Crippen LogP contribution in [0.2, 0.25) is 5.02 Å². The number of nitrogens with zero attached hydrogens (tertiary/aromatic N) is 3. The largest absolute Gasteiger partial charge is 0.317 e. The third-order valence-electron chi connectivity index (χ3n) is 4.26. The second-order valence-electron chi connectivity index (χ2n) is 6.07. The van der Waals surface area contributed by atoms with Gasteiger partial charge < -0.3 is 4.57 Å². The number of thioether (sulfide) groups is 1. The highest BCUT2D eigenvalue weighted by Crippen LogP contribution is 2.36. The SMILES string of the molecule is O=C1S/C(=C/c2cccn2-c2cccc([N+](=O)[O-])c2)C(=O)N1c1ccc(Cl)cc1. The third-order valence-corrected chi connectivity index (χ3v) is 5.38. The molecule has 9 heteroatoms. The van der Waals surface area contributed by atoms with E-state index in [1.807, 2.05) is 0 Å². The van der Waals surface area contributed by atoms with Crippen molar-refractivity contribution in [2.45, 2.75) is 0 Å². The molecule has 0 atom stereocenters. The van der Waals surface area contributed by atoms with Crippen LogP contribution in [0.4, 0.5) is 16.2 Å². The van der Waals surface area contributed by atoms with E-state index >= 15 is 0 Å². The Kier molecular flexibility index (Phi) is 4.96. The lowest BCUT2D eigenvalue weighted by Crippen LogP contribution is -2.27. The monoisotopic (exact) mass is 425 g/mol. The molecule has 0 aliphatic carbocycles. The molecule has 29 heavy (non-hydrogen) atoms. The molecule has 1 aromatic heterocycles. The van der Waals surface area contributed by atoms with E-state index in [9.17, 15) is 19.7 Å². The van der Waals surface area contributed by atoms with E-state index in [0.717, 1.165) is 16.7 Å². The van der Waals surface area contributed by atoms with E-state index in [4.69, 9.17) is 11.6 Å². The fourth-order valence-corrected chi connectivity index (χ4v) is 3.87. The fourth-order valence-electron chi connectivity index (χ4n) is 2.92. The van der Waals surface area contributed by atoms with Crippen molar-refractivity contribution in [2.75, 3.05) is 4.90 Å². The van der Waals surface area contributed by atoms with Crippen LogP contribution in [-0.2, 0) is 4.79 Å². The van der Waals surface area contributed by atoms with Gasteiger partial charge in [-0.1, -0.05) is 17.7 Å². The second kappa shape index (κ2) is 7.57. The van der Waals surface area contributed by atoms with Crippen molar-refractivity contribution in [1.29, 1.82) is 0 Å². The maximum absolute atomic E-state index is 12.8. The first-order chi connectivity index (χ1) is 13.9. The summed E-state index contributed by atoms with van der Waals surface area (Å²) in [5.41, 5.74) is 1.60. The number of carbonyl (C=O) groups is 2. The van der Waals surface area contributed by atoms with Crippen molar-refractivity contribution >= 4 is 52.0 Å². The zero-order chi connectivity index (χ0) is 20.5. The molecule has 1 fully saturated rings. The number of carbonyl (C=O) groups excluding carboxylic acids is 2. The van der Waals surface area contributed by atoms with Gasteiger partial charge in [-0.25, -0.2) is 4.90 Å². The molecule has 2 aromatic carbocycles. The summed E-state index contributed by atoms with van der Waals surface area (Å²) < 4.78 is 1.71. The molecule has 3 aromatic rings. The van der Waals surface area contributed by atoms with Crippen LogP contribution in [0.5, 0.6) is 0 Å². The summed E-state index contributed by atoms with van der Waals surface area (Å²) in [5.74, 6) is -0.436. The Morgan fingerprint density at radius 3 is 2.48 bits per heavy atom. The van der Waals surface area contributed by atoms with E-state index in [1.165, 1.54) is 12.1 Å². The van der Waals surface area contributed by atoms with Crippen LogP contribution in [0.15, 0.2) is 71.8 Å². The van der Waals surface area contributed by atoms with E-state index in [0.29, 0.717) is 22.1 Å². The molecule has 2 heterocycles. The van der Waals surface area contributed by atoms with Crippen LogP contribution in [-0.4, -0.2) is 20.6 Å². The molecule has 2 amide bonds. The number of amides is 2. The predicted octanol–water partition coefficient (Wildman–Crippen LogP) is 5.28. The van der Waals surface area contributed by atoms with Crippen LogP contribution >= 0.6 is 23.4 Å². The number of hydrogen-bond acceptors (Lipinski definition) is 5. The third kappa shape index (κ3) is 3.67. The van der Waals surface area contributed by atoms with E-state index in [-0.39, 0.29) is 10.6 Å². The van der Waals surface area contributed by atoms with Crippen LogP contribution in [0, 0.1) is 10.1 Å². The highest BCUT2D eigenvalue weighted by atomic mass is 35.5. The van der Waals surface area contributed by atoms with E-state index in [1.54, 1.807) is 65.4 Å². The van der Waals surface area contributed by atoms with Crippen molar-refractivity contribution < 1.29 is 14.5 Å². The second-order valence-corrected chi connectivity index (χ2v) is 7.50. The van der Waals surface area contributed by atoms with Gasteiger partial charge in [0.05, 0.1) is 21.2 Å². The first-order valence-electron chi connectivity index (χ1n) is 8.40. The summed E-state index contributed by atoms with van der Waals surface area (Å²) in [4.78, 5) is 37.1. The minimum atomic E-state index is -0.468. The molecule has 0 saturated carbocycles. The van der Waals surface area contributed by atoms with Crippen LogP contribution in [0.3, 0.4) is 0 Å². The smallest absolute Gasteiger partial charge is 0.298 e. The van der Waals surface area contributed by atoms with Gasteiger partial charge in [0, 0.05) is 29.0 Å². The molecule has 1 saturated heterocycles. The minimum Gasteiger partial charge on any atom is -0.317 e. The number of non-ortho nitro benzene ring substituents is 1. The molecular formula is C20H12ClN3O4S. The van der Waals surface area contributed by atoms with Crippen molar-refractivity contribution in [2.24, 2.45) is 0 Å². The number of hydrogen-bond donors (Lipinski definition) is 0. The standard InChI is InChI=1S/C20H12ClN3O4S/c21-13-6-8-14(9-7-13)23-19(25)18(29-20(23)26)12-16-5-2-10-22(16)15-3-1-4-17(11-15)24(27)28/h1-12H/b18-12+. The van der Waals surface area contributed by atoms with Crippen molar-refractivity contribution in [3.05, 3.63) is 92.6 Å². The number of rotatable bonds is 4. The molecular weight excluding hydrogens is 414 g/mol. The van der Waals surface area contributed by atoms with Gasteiger partial charge in [0.15, 0.2) is 0 Å². The number of nitro groups is 1. The lowest BCUT2D eigenvalue weighted by atomic mass is 10.2. The van der Waals surface area contributed by atoms with Gasteiger partial charge in [-0.3, -0.25) is 19.7 Å². The molecule has 0 radical (unpaired) electrons. The highest BCUT2D eigenvalue weighted by molar-refractivity contribution is 8.19. The van der Waals surface area contributed by atoms with Gasteiger partial charge in [-0.05, 0) is 60.3 Å². The predicted molar refractivity (Wildman–Crippen MR) is 112 cm³/mol. The van der Waals surface area contributed by atoms with Crippen molar-refractivity contribution in [3.8, 4) is 5.69 Å². The Morgan fingerprint density at radius 1 is 1.00 bits per heavy atom. The molecule has 0 unspecified atom stereocenters. The van der Waals surface area contributed by atoms with Gasteiger partial charge in [-0.15, -0.1) is 0 Å². The van der Waals surface area contributed by atoms with Crippen LogP contribution < -0.4 is 4.90 Å². The summed E-state index contributed by atoms with van der Waals surface area (Å²) >= 11 is 6.71. The maximum Gasteiger partial charge on any atom is 0.298 e. The van der Waals surface area contributed by atoms with Crippen molar-refractivity contribution in [1.82, 2.24) is 4.57 Å². The number of anilines is 1. The Hall–Kier alpha value is -3.36. The molecule has 1 aliphatic heterocycles. The zero-order valence-corrected chi connectivity index (χ0v) is 16.3. The Labute approximate surface area is 174 Å². The summed E-state index contributed by atoms with van der Waals surface area (Å²) in [6, 6.07) is 16.1. The summed E-state index contributed by atoms with van der Waals surface area (Å²) in [6.45, 7) is 0. The minimum absolute atomic E-state index is 0.0368. The highest BCUT2D eigenvalue weighted by Gasteiger charge is 2.36. The van der Waals surface area contributed by atoms with E-state index < -0.39 is 16.1 Å². The van der Waals surface area contributed by atoms with Gasteiger partial charge in [0.25, 0.3) is 16.8 Å². The number of imide groups is 1. The number of nitro benzene ring substituents is 1. The quantitative estimate of drug-likeness (QED) is 0.322. The summed E-state index contributed by atoms with van der Waals surface area (Å²) in [7, 11) is 0. The van der Waals surface area contributed by atoms with Gasteiger partial charge in [-0.2, -0.15) is 0 Å². The molecule has 7 nitrogen and oxygen atoms in total. The molecule has 4 rings (SSSR count). The van der Waals surface area contributed by atoms with Gasteiger partial charge in [0.2, 0.25) is 0 Å². The Bertz CT molecular complexity index is 1170. The van der Waals surface area contributed by atoms with Gasteiger partial charge >= 0.3 is 0 Å². The van der Waals surface area contributed by atoms with Crippen molar-refractivity contribution in [3.63, 3.8) is 0 Å². The number of benzene rings is 2. The van der Waals surface area contributed by atoms with Crippen LogP contribution in [0.1, 0.15) is 5.69 Å².